The standard InChI is InChI=1S/C12H8ClF3N2O3/c13-8-2-1-6(3-7(8)12(14,15)16)4-17-10(20)11-18-5-9(19)21-11/h1-3H,4-5H2,(H,17,20). The Kier molecular flexibility index (Phi) is 4.17. The summed E-state index contributed by atoms with van der Waals surface area (Å²) >= 11 is 5.48. The summed E-state index contributed by atoms with van der Waals surface area (Å²) in [5.74, 6) is -1.83. The van der Waals surface area contributed by atoms with Gasteiger partial charge in [-0.15, -0.1) is 0 Å². The van der Waals surface area contributed by atoms with Crippen LogP contribution in [0.1, 0.15) is 11.1 Å². The lowest BCUT2D eigenvalue weighted by molar-refractivity contribution is -0.137. The summed E-state index contributed by atoms with van der Waals surface area (Å²) in [7, 11) is 0. The number of carbonyl (C=O) groups excluding carboxylic acids is 2. The quantitative estimate of drug-likeness (QED) is 0.865. The first kappa shape index (κ1) is 15.3. The molecule has 1 aromatic rings. The Morgan fingerprint density at radius 2 is 2.14 bits per heavy atom. The smallest absolute Gasteiger partial charge is 0.401 e. The Bertz CT molecular complexity index is 629. The topological polar surface area (TPSA) is 67.8 Å². The van der Waals surface area contributed by atoms with Crippen molar-refractivity contribution in [2.75, 3.05) is 6.54 Å². The summed E-state index contributed by atoms with van der Waals surface area (Å²) in [6.07, 6.45) is -4.58. The Hall–Kier alpha value is -2.09. The predicted octanol–water partition coefficient (Wildman–Crippen LogP) is 1.93. The van der Waals surface area contributed by atoms with E-state index in [2.05, 4.69) is 15.0 Å². The van der Waals surface area contributed by atoms with E-state index in [1.165, 1.54) is 6.07 Å². The molecule has 1 aliphatic rings. The molecule has 0 radical (unpaired) electrons. The lowest BCUT2D eigenvalue weighted by atomic mass is 10.1. The fourth-order valence-corrected chi connectivity index (χ4v) is 1.81. The van der Waals surface area contributed by atoms with Gasteiger partial charge in [0.05, 0.1) is 10.6 Å². The molecule has 1 amide bonds. The van der Waals surface area contributed by atoms with Crippen LogP contribution in [0.4, 0.5) is 13.2 Å². The highest BCUT2D eigenvalue weighted by molar-refractivity contribution is 6.38. The van der Waals surface area contributed by atoms with E-state index in [9.17, 15) is 22.8 Å². The molecule has 1 heterocycles. The number of amides is 1. The highest BCUT2D eigenvalue weighted by atomic mass is 35.5. The van der Waals surface area contributed by atoms with Gasteiger partial charge >= 0.3 is 18.1 Å². The van der Waals surface area contributed by atoms with Gasteiger partial charge in [0, 0.05) is 6.54 Å². The molecule has 2 rings (SSSR count). The Labute approximate surface area is 121 Å². The van der Waals surface area contributed by atoms with E-state index in [1.807, 2.05) is 0 Å². The predicted molar refractivity (Wildman–Crippen MR) is 66.7 cm³/mol. The van der Waals surface area contributed by atoms with E-state index in [0.29, 0.717) is 0 Å². The third kappa shape index (κ3) is 3.72. The maximum Gasteiger partial charge on any atom is 0.417 e. The highest BCUT2D eigenvalue weighted by Gasteiger charge is 2.33. The number of hydrogen-bond acceptors (Lipinski definition) is 4. The summed E-state index contributed by atoms with van der Waals surface area (Å²) in [5.41, 5.74) is -0.787. The van der Waals surface area contributed by atoms with Crippen molar-refractivity contribution in [1.29, 1.82) is 0 Å². The largest absolute Gasteiger partial charge is 0.417 e. The van der Waals surface area contributed by atoms with Crippen LogP contribution in [-0.2, 0) is 27.0 Å². The van der Waals surface area contributed by atoms with Crippen LogP contribution in [0.25, 0.3) is 0 Å². The highest BCUT2D eigenvalue weighted by Crippen LogP contribution is 2.35. The van der Waals surface area contributed by atoms with Crippen molar-refractivity contribution in [1.82, 2.24) is 5.32 Å². The van der Waals surface area contributed by atoms with Crippen LogP contribution in [0, 0.1) is 0 Å². The first-order valence-electron chi connectivity index (χ1n) is 5.66. The SMILES string of the molecule is O=C1CN=C(C(=O)NCc2ccc(Cl)c(C(F)(F)F)c2)O1. The van der Waals surface area contributed by atoms with Crippen molar-refractivity contribution >= 4 is 29.4 Å². The minimum atomic E-state index is -4.58. The van der Waals surface area contributed by atoms with Gasteiger partial charge in [0.15, 0.2) is 0 Å². The van der Waals surface area contributed by atoms with Crippen LogP contribution in [-0.4, -0.2) is 24.3 Å². The van der Waals surface area contributed by atoms with E-state index in [-0.39, 0.29) is 18.7 Å². The molecule has 1 N–H and O–H groups in total. The summed E-state index contributed by atoms with van der Waals surface area (Å²) in [4.78, 5) is 25.8. The second-order valence-electron chi connectivity index (χ2n) is 4.09. The Morgan fingerprint density at radius 3 is 2.71 bits per heavy atom. The fourth-order valence-electron chi connectivity index (χ4n) is 1.58. The third-order valence-corrected chi connectivity index (χ3v) is 2.88. The molecule has 0 unspecified atom stereocenters. The minimum absolute atomic E-state index is 0.185. The number of esters is 1. The number of rotatable bonds is 3. The van der Waals surface area contributed by atoms with Crippen LogP contribution in [0.3, 0.4) is 0 Å². The van der Waals surface area contributed by atoms with Crippen molar-refractivity contribution < 1.29 is 27.5 Å². The summed E-state index contributed by atoms with van der Waals surface area (Å²) in [6, 6.07) is 3.28. The van der Waals surface area contributed by atoms with Crippen molar-refractivity contribution in [2.24, 2.45) is 4.99 Å². The molecule has 0 bridgehead atoms. The molecular formula is C12H8ClF3N2O3. The molecule has 1 aliphatic heterocycles. The normalized spacial score (nSPS) is 14.7. The van der Waals surface area contributed by atoms with Crippen molar-refractivity contribution in [3.63, 3.8) is 0 Å². The summed E-state index contributed by atoms with van der Waals surface area (Å²) < 4.78 is 42.5. The van der Waals surface area contributed by atoms with Crippen molar-refractivity contribution in [3.05, 3.63) is 34.3 Å². The number of halogens is 4. The van der Waals surface area contributed by atoms with E-state index < -0.39 is 34.5 Å². The maximum absolute atomic E-state index is 12.7. The monoisotopic (exact) mass is 320 g/mol. The second-order valence-corrected chi connectivity index (χ2v) is 4.50. The molecule has 0 aromatic heterocycles. The van der Waals surface area contributed by atoms with E-state index in [0.717, 1.165) is 12.1 Å². The number of hydrogen-bond donors (Lipinski definition) is 1. The second kappa shape index (κ2) is 5.72. The van der Waals surface area contributed by atoms with Gasteiger partial charge < -0.3 is 10.1 Å². The van der Waals surface area contributed by atoms with Gasteiger partial charge in [-0.25, -0.2) is 9.79 Å². The van der Waals surface area contributed by atoms with Crippen LogP contribution in [0.15, 0.2) is 23.2 Å². The Balaban J connectivity index is 2.04. The number of aliphatic imine (C=N–C) groups is 1. The van der Waals surface area contributed by atoms with Crippen LogP contribution >= 0.6 is 11.6 Å². The number of nitrogens with one attached hydrogen (secondary N) is 1. The van der Waals surface area contributed by atoms with E-state index >= 15 is 0 Å². The third-order valence-electron chi connectivity index (χ3n) is 2.55. The molecule has 21 heavy (non-hydrogen) atoms. The number of alkyl halides is 3. The van der Waals surface area contributed by atoms with Gasteiger partial charge in [-0.3, -0.25) is 4.79 Å². The molecular weight excluding hydrogens is 313 g/mol. The van der Waals surface area contributed by atoms with Crippen LogP contribution < -0.4 is 5.32 Å². The minimum Gasteiger partial charge on any atom is -0.401 e. The van der Waals surface area contributed by atoms with E-state index in [4.69, 9.17) is 11.6 Å². The van der Waals surface area contributed by atoms with Crippen molar-refractivity contribution in [2.45, 2.75) is 12.7 Å². The molecule has 5 nitrogen and oxygen atoms in total. The van der Waals surface area contributed by atoms with Gasteiger partial charge in [0.25, 0.3) is 5.90 Å². The van der Waals surface area contributed by atoms with Gasteiger partial charge in [-0.1, -0.05) is 17.7 Å². The summed E-state index contributed by atoms with van der Waals surface area (Å²) in [6.45, 7) is -0.433. The van der Waals surface area contributed by atoms with Gasteiger partial charge in [-0.2, -0.15) is 13.2 Å². The lowest BCUT2D eigenvalue weighted by Crippen LogP contribution is -2.31. The molecule has 0 saturated heterocycles. The summed E-state index contributed by atoms with van der Waals surface area (Å²) in [5, 5.41) is 1.88. The molecule has 112 valence electrons. The lowest BCUT2D eigenvalue weighted by Gasteiger charge is -2.11. The molecule has 0 spiro atoms. The first-order chi connectivity index (χ1) is 9.77. The molecule has 0 fully saturated rings. The molecule has 0 aliphatic carbocycles. The maximum atomic E-state index is 12.7. The molecule has 9 heteroatoms. The van der Waals surface area contributed by atoms with Gasteiger partial charge in [-0.05, 0) is 17.7 Å². The zero-order valence-electron chi connectivity index (χ0n) is 10.3. The zero-order chi connectivity index (χ0) is 15.6. The fraction of sp³-hybridized carbons (Fsp3) is 0.250. The Morgan fingerprint density at radius 1 is 1.43 bits per heavy atom. The van der Waals surface area contributed by atoms with E-state index in [1.54, 1.807) is 0 Å². The zero-order valence-corrected chi connectivity index (χ0v) is 11.1. The molecule has 0 atom stereocenters. The van der Waals surface area contributed by atoms with Crippen molar-refractivity contribution in [3.8, 4) is 0 Å². The van der Waals surface area contributed by atoms with Gasteiger partial charge in [0.1, 0.15) is 6.54 Å². The van der Waals surface area contributed by atoms with Crippen LogP contribution in [0.2, 0.25) is 5.02 Å². The first-order valence-corrected chi connectivity index (χ1v) is 6.04. The average Bonchev–Trinajstić information content (AvgIpc) is 2.83. The molecule has 0 saturated carbocycles. The number of benzene rings is 1. The number of ether oxygens (including phenoxy) is 1. The number of cyclic esters (lactones) is 1. The molecule has 1 aromatic carbocycles. The number of carbonyl (C=O) groups is 2. The van der Waals surface area contributed by atoms with Gasteiger partial charge in [0.2, 0.25) is 0 Å². The average molecular weight is 321 g/mol. The number of nitrogens with zero attached hydrogens (tertiary/aromatic N) is 1. The van der Waals surface area contributed by atoms with Crippen LogP contribution in [0.5, 0.6) is 0 Å².